The maximum Gasteiger partial charge on any atom is 0.287 e. The van der Waals surface area contributed by atoms with Crippen LogP contribution in [0.4, 0.5) is 0 Å². The summed E-state index contributed by atoms with van der Waals surface area (Å²) in [6.45, 7) is 2.83. The Morgan fingerprint density at radius 2 is 1.72 bits per heavy atom. The maximum atomic E-state index is 12.7. The lowest BCUT2D eigenvalue weighted by Gasteiger charge is -2.25. The van der Waals surface area contributed by atoms with E-state index in [1.807, 2.05) is 50.2 Å². The van der Waals surface area contributed by atoms with Crippen LogP contribution in [0.15, 0.2) is 79.5 Å². The lowest BCUT2D eigenvalue weighted by atomic mass is 10.1. The van der Waals surface area contributed by atoms with Crippen LogP contribution in [0.2, 0.25) is 0 Å². The first-order chi connectivity index (χ1) is 15.2. The first-order valence-corrected chi connectivity index (χ1v) is 12.3. The predicted molar refractivity (Wildman–Crippen MR) is 125 cm³/mol. The highest BCUT2D eigenvalue weighted by molar-refractivity contribution is 9.10. The van der Waals surface area contributed by atoms with E-state index in [0.29, 0.717) is 13.2 Å². The number of halogens is 1. The van der Waals surface area contributed by atoms with Gasteiger partial charge in [-0.05, 0) is 75.1 Å². The van der Waals surface area contributed by atoms with Crippen molar-refractivity contribution in [1.82, 2.24) is 10.2 Å². The van der Waals surface area contributed by atoms with Crippen molar-refractivity contribution in [3.05, 3.63) is 76.5 Å². The van der Waals surface area contributed by atoms with E-state index in [-0.39, 0.29) is 21.8 Å². The topological polar surface area (TPSA) is 88.8 Å². The first kappa shape index (κ1) is 24.0. The van der Waals surface area contributed by atoms with Crippen LogP contribution in [0.25, 0.3) is 0 Å². The average molecular weight is 521 g/mol. The van der Waals surface area contributed by atoms with Crippen LogP contribution in [0.1, 0.15) is 29.1 Å². The molecule has 1 heterocycles. The number of hydrogen-bond acceptors (Lipinski definition) is 6. The van der Waals surface area contributed by atoms with Crippen LogP contribution in [0.5, 0.6) is 5.75 Å². The van der Waals surface area contributed by atoms with Crippen molar-refractivity contribution in [2.45, 2.75) is 23.0 Å². The van der Waals surface area contributed by atoms with E-state index in [9.17, 15) is 13.2 Å². The molecule has 0 fully saturated rings. The van der Waals surface area contributed by atoms with Crippen LogP contribution in [0, 0.1) is 0 Å². The number of carbonyl (C=O) groups excluding carboxylic acids is 1. The fraction of sp³-hybridized carbons (Fsp3) is 0.261. The van der Waals surface area contributed by atoms with E-state index in [4.69, 9.17) is 9.15 Å². The molecule has 0 saturated heterocycles. The summed E-state index contributed by atoms with van der Waals surface area (Å²) in [5.41, 5.74) is 1.01. The van der Waals surface area contributed by atoms with Crippen molar-refractivity contribution in [2.75, 3.05) is 27.2 Å². The molecule has 9 heteroatoms. The summed E-state index contributed by atoms with van der Waals surface area (Å²) in [6.07, 6.45) is 0. The monoisotopic (exact) mass is 520 g/mol. The summed E-state index contributed by atoms with van der Waals surface area (Å²) in [5.74, 6) is 0.234. The molecule has 170 valence electrons. The minimum atomic E-state index is -3.85. The van der Waals surface area contributed by atoms with Gasteiger partial charge in [0.2, 0.25) is 14.9 Å². The molecule has 3 rings (SSSR count). The van der Waals surface area contributed by atoms with Gasteiger partial charge in [0.25, 0.3) is 5.91 Å². The van der Waals surface area contributed by atoms with E-state index in [0.717, 1.165) is 15.8 Å². The largest absolute Gasteiger partial charge is 0.494 e. The second-order valence-electron chi connectivity index (χ2n) is 7.27. The number of likely N-dealkylation sites (N-methyl/N-ethyl adjacent to an activating group) is 1. The Labute approximate surface area is 196 Å². The summed E-state index contributed by atoms with van der Waals surface area (Å²) in [4.78, 5) is 14.7. The molecular formula is C23H25BrN2O5S. The average Bonchev–Trinajstić information content (AvgIpc) is 3.26. The smallest absolute Gasteiger partial charge is 0.287 e. The fourth-order valence-electron chi connectivity index (χ4n) is 3.14. The quantitative estimate of drug-likeness (QED) is 0.452. The summed E-state index contributed by atoms with van der Waals surface area (Å²) in [7, 11) is -0.0132. The SMILES string of the molecule is CCOc1ccc(C(CNC(=O)c2ccc(S(=O)(=O)c3ccc(Br)cc3)o2)N(C)C)cc1. The molecular weight excluding hydrogens is 496 g/mol. The second-order valence-corrected chi connectivity index (χ2v) is 10.1. The second kappa shape index (κ2) is 10.3. The molecule has 0 radical (unpaired) electrons. The van der Waals surface area contributed by atoms with Gasteiger partial charge >= 0.3 is 0 Å². The van der Waals surface area contributed by atoms with Crippen LogP contribution in [-0.2, 0) is 9.84 Å². The third kappa shape index (κ3) is 5.59. The number of nitrogens with one attached hydrogen (secondary N) is 1. The van der Waals surface area contributed by atoms with E-state index >= 15 is 0 Å². The van der Waals surface area contributed by atoms with Gasteiger partial charge in [0.1, 0.15) is 5.75 Å². The summed E-state index contributed by atoms with van der Waals surface area (Å²) >= 11 is 3.28. The Morgan fingerprint density at radius 3 is 2.31 bits per heavy atom. The Balaban J connectivity index is 1.70. The molecule has 0 aliphatic carbocycles. The number of hydrogen-bond donors (Lipinski definition) is 1. The highest BCUT2D eigenvalue weighted by atomic mass is 79.9. The van der Waals surface area contributed by atoms with Crippen molar-refractivity contribution in [3.63, 3.8) is 0 Å². The van der Waals surface area contributed by atoms with Gasteiger partial charge in [-0.25, -0.2) is 8.42 Å². The van der Waals surface area contributed by atoms with Crippen molar-refractivity contribution >= 4 is 31.7 Å². The maximum absolute atomic E-state index is 12.7. The number of benzene rings is 2. The normalized spacial score (nSPS) is 12.5. The number of amides is 1. The Hall–Kier alpha value is -2.62. The molecule has 0 bridgehead atoms. The predicted octanol–water partition coefficient (Wildman–Crippen LogP) is 4.31. The van der Waals surface area contributed by atoms with Gasteiger partial charge in [0.05, 0.1) is 17.5 Å². The zero-order valence-electron chi connectivity index (χ0n) is 18.0. The van der Waals surface area contributed by atoms with Gasteiger partial charge in [0, 0.05) is 11.0 Å². The number of ether oxygens (including phenoxy) is 1. The molecule has 1 amide bonds. The summed E-state index contributed by atoms with van der Waals surface area (Å²) in [6, 6.07) is 16.5. The zero-order chi connectivity index (χ0) is 23.3. The highest BCUT2D eigenvalue weighted by Gasteiger charge is 2.24. The molecule has 2 aromatic carbocycles. The third-order valence-corrected chi connectivity index (χ3v) is 7.02. The number of carbonyl (C=O) groups is 1. The van der Waals surface area contributed by atoms with Crippen molar-refractivity contribution < 1.29 is 22.4 Å². The Bertz CT molecular complexity index is 1160. The van der Waals surface area contributed by atoms with Gasteiger partial charge in [-0.3, -0.25) is 4.79 Å². The molecule has 1 unspecified atom stereocenters. The van der Waals surface area contributed by atoms with Crippen LogP contribution in [-0.4, -0.2) is 46.5 Å². The standard InChI is InChI=1S/C23H25BrN2O5S/c1-4-30-18-9-5-16(6-10-18)20(26(2)3)15-25-23(27)21-13-14-22(31-21)32(28,29)19-11-7-17(24)8-12-19/h5-14,20H,4,15H2,1-3H3,(H,25,27). The number of sulfone groups is 1. The van der Waals surface area contributed by atoms with Gasteiger partial charge in [0.15, 0.2) is 5.76 Å². The van der Waals surface area contributed by atoms with Crippen molar-refractivity contribution in [1.29, 1.82) is 0 Å². The minimum Gasteiger partial charge on any atom is -0.494 e. The van der Waals surface area contributed by atoms with Crippen LogP contribution < -0.4 is 10.1 Å². The Kier molecular flexibility index (Phi) is 7.76. The molecule has 0 spiro atoms. The van der Waals surface area contributed by atoms with Gasteiger partial charge in [-0.2, -0.15) is 0 Å². The highest BCUT2D eigenvalue weighted by Crippen LogP contribution is 2.25. The number of furan rings is 1. The molecule has 0 aliphatic rings. The van der Waals surface area contributed by atoms with E-state index in [1.165, 1.54) is 24.3 Å². The lowest BCUT2D eigenvalue weighted by Crippen LogP contribution is -2.34. The van der Waals surface area contributed by atoms with Gasteiger partial charge in [-0.15, -0.1) is 0 Å². The number of nitrogens with zero attached hydrogens (tertiary/aromatic N) is 1. The molecule has 3 aromatic rings. The first-order valence-electron chi connectivity index (χ1n) is 10.00. The van der Waals surface area contributed by atoms with Gasteiger partial charge in [-0.1, -0.05) is 28.1 Å². The number of rotatable bonds is 9. The van der Waals surface area contributed by atoms with Crippen LogP contribution >= 0.6 is 15.9 Å². The van der Waals surface area contributed by atoms with E-state index < -0.39 is 15.7 Å². The summed E-state index contributed by atoms with van der Waals surface area (Å²) < 4.78 is 37.1. The molecule has 1 atom stereocenters. The molecule has 1 N–H and O–H groups in total. The van der Waals surface area contributed by atoms with E-state index in [1.54, 1.807) is 12.1 Å². The van der Waals surface area contributed by atoms with Crippen molar-refractivity contribution in [3.8, 4) is 5.75 Å². The van der Waals surface area contributed by atoms with Crippen LogP contribution in [0.3, 0.4) is 0 Å². The van der Waals surface area contributed by atoms with E-state index in [2.05, 4.69) is 21.2 Å². The zero-order valence-corrected chi connectivity index (χ0v) is 20.4. The summed E-state index contributed by atoms with van der Waals surface area (Å²) in [5, 5.41) is 2.55. The minimum absolute atomic E-state index is 0.0649. The molecule has 0 aliphatic heterocycles. The third-order valence-electron chi connectivity index (χ3n) is 4.85. The lowest BCUT2D eigenvalue weighted by molar-refractivity contribution is 0.0908. The molecule has 0 saturated carbocycles. The van der Waals surface area contributed by atoms with Crippen molar-refractivity contribution in [2.24, 2.45) is 0 Å². The molecule has 32 heavy (non-hydrogen) atoms. The fourth-order valence-corrected chi connectivity index (χ4v) is 4.58. The Morgan fingerprint density at radius 1 is 1.06 bits per heavy atom. The molecule has 1 aromatic heterocycles. The van der Waals surface area contributed by atoms with Gasteiger partial charge < -0.3 is 19.4 Å². The molecule has 7 nitrogen and oxygen atoms in total.